The SMILES string of the molecule is CCCC[N+](CCCC)(CCCC)C(CCC)S(=O)(=O)ON1C(=O)N2C[C@H]1CC[C@H]2C(=O)NO[C@@H]1CCCN(C(=O)OC(C)(C)C)C1. The molecule has 3 fully saturated rings. The Hall–Kier alpha value is -2.16. The number of fused-ring (bicyclic) bond motifs is 2. The van der Waals surface area contributed by atoms with Gasteiger partial charge in [-0.25, -0.2) is 15.1 Å². The maximum atomic E-state index is 14.2. The molecule has 0 aromatic heterocycles. The largest absolute Gasteiger partial charge is 0.444 e. The number of hydrogen-bond donors (Lipinski definition) is 1. The van der Waals surface area contributed by atoms with E-state index in [2.05, 4.69) is 26.3 Å². The number of hydroxylamine groups is 3. The Morgan fingerprint density at radius 2 is 1.55 bits per heavy atom. The van der Waals surface area contributed by atoms with Gasteiger partial charge in [0.2, 0.25) is 5.37 Å². The lowest BCUT2D eigenvalue weighted by molar-refractivity contribution is -0.939. The van der Waals surface area contributed by atoms with Crippen molar-refractivity contribution in [2.45, 2.75) is 155 Å². The van der Waals surface area contributed by atoms with Crippen molar-refractivity contribution in [2.24, 2.45) is 0 Å². The van der Waals surface area contributed by atoms with Crippen molar-refractivity contribution >= 4 is 28.1 Å². The second kappa shape index (κ2) is 17.5. The molecule has 3 rings (SSSR count). The summed E-state index contributed by atoms with van der Waals surface area (Å²) >= 11 is 0. The van der Waals surface area contributed by atoms with Crippen LogP contribution < -0.4 is 5.48 Å². The minimum atomic E-state index is -4.19. The van der Waals surface area contributed by atoms with Crippen molar-refractivity contribution in [3.05, 3.63) is 0 Å². The fourth-order valence-electron chi connectivity index (χ4n) is 7.03. The summed E-state index contributed by atoms with van der Waals surface area (Å²) in [6, 6.07) is -1.90. The van der Waals surface area contributed by atoms with Gasteiger partial charge in [0.1, 0.15) is 17.7 Å². The maximum Gasteiger partial charge on any atom is 0.410 e. The number of carbonyl (C=O) groups excluding carboxylic acids is 3. The molecule has 0 aromatic rings. The van der Waals surface area contributed by atoms with E-state index in [1.165, 1.54) is 4.90 Å². The van der Waals surface area contributed by atoms with Gasteiger partial charge in [0.05, 0.1) is 32.2 Å². The quantitative estimate of drug-likeness (QED) is 0.151. The molecule has 3 aliphatic rings. The molecule has 4 atom stereocenters. The summed E-state index contributed by atoms with van der Waals surface area (Å²) in [6.45, 7) is 17.1. The van der Waals surface area contributed by atoms with E-state index in [0.717, 1.165) is 63.2 Å². The van der Waals surface area contributed by atoms with Gasteiger partial charge in [-0.2, -0.15) is 13.5 Å². The van der Waals surface area contributed by atoms with E-state index in [1.54, 1.807) is 4.90 Å². The number of piperidine rings is 2. The monoisotopic (exact) mass is 688 g/mol. The predicted octanol–water partition coefficient (Wildman–Crippen LogP) is 5.31. The summed E-state index contributed by atoms with van der Waals surface area (Å²) in [5, 5.41) is 0.240. The molecule has 47 heavy (non-hydrogen) atoms. The number of rotatable bonds is 18. The van der Waals surface area contributed by atoms with Crippen LogP contribution in [0.4, 0.5) is 9.59 Å². The van der Waals surface area contributed by atoms with Crippen LogP contribution in [0.1, 0.15) is 126 Å². The highest BCUT2D eigenvalue weighted by Gasteiger charge is 2.53. The third-order valence-electron chi connectivity index (χ3n) is 9.52. The van der Waals surface area contributed by atoms with Crippen LogP contribution in [0.15, 0.2) is 0 Å². The van der Waals surface area contributed by atoms with Crippen molar-refractivity contribution in [3.63, 3.8) is 0 Å². The summed E-state index contributed by atoms with van der Waals surface area (Å²) in [6.07, 6.45) is 8.07. The molecular weight excluding hydrogens is 626 g/mol. The van der Waals surface area contributed by atoms with Crippen LogP contribution in [0.25, 0.3) is 0 Å². The second-order valence-corrected chi connectivity index (χ2v) is 16.2. The normalized spacial score (nSPS) is 22.8. The van der Waals surface area contributed by atoms with Gasteiger partial charge in [0, 0.05) is 19.5 Å². The summed E-state index contributed by atoms with van der Waals surface area (Å²) in [5.41, 5.74) is 1.90. The van der Waals surface area contributed by atoms with Crippen molar-refractivity contribution in [2.75, 3.05) is 39.3 Å². The highest BCUT2D eigenvalue weighted by atomic mass is 32.2. The molecule has 13 nitrogen and oxygen atoms in total. The molecular formula is C33H62N5O8S+. The molecule has 3 saturated heterocycles. The van der Waals surface area contributed by atoms with Gasteiger partial charge in [-0.05, 0) is 72.1 Å². The molecule has 14 heteroatoms. The average Bonchev–Trinajstić information content (AvgIpc) is 3.25. The van der Waals surface area contributed by atoms with Crippen LogP contribution in [0, 0.1) is 0 Å². The van der Waals surface area contributed by atoms with Crippen molar-refractivity contribution < 1.29 is 41.1 Å². The third-order valence-corrected chi connectivity index (χ3v) is 11.2. The van der Waals surface area contributed by atoms with Crippen molar-refractivity contribution in [1.29, 1.82) is 0 Å². The number of quaternary nitrogens is 1. The first-order valence-corrected chi connectivity index (χ1v) is 19.5. The number of nitrogens with zero attached hydrogens (tertiary/aromatic N) is 4. The fraction of sp³-hybridized carbons (Fsp3) is 0.909. The van der Waals surface area contributed by atoms with Gasteiger partial charge < -0.3 is 19.0 Å². The number of unbranched alkanes of at least 4 members (excludes halogenated alkanes) is 3. The Bertz CT molecular complexity index is 1120. The molecule has 0 radical (unpaired) electrons. The zero-order chi connectivity index (χ0) is 34.8. The zero-order valence-electron chi connectivity index (χ0n) is 30.0. The van der Waals surface area contributed by atoms with Gasteiger partial charge in [0.15, 0.2) is 0 Å². The highest BCUT2D eigenvalue weighted by molar-refractivity contribution is 7.87. The van der Waals surface area contributed by atoms with Crippen LogP contribution in [-0.4, -0.2) is 114 Å². The first kappa shape index (κ1) is 39.3. The third kappa shape index (κ3) is 10.4. The Morgan fingerprint density at radius 1 is 0.936 bits per heavy atom. The van der Waals surface area contributed by atoms with E-state index < -0.39 is 57.3 Å². The molecule has 0 saturated carbocycles. The lowest BCUT2D eigenvalue weighted by Crippen LogP contribution is -2.61. The number of likely N-dealkylation sites (tertiary alicyclic amines) is 1. The molecule has 3 heterocycles. The minimum Gasteiger partial charge on any atom is -0.444 e. The first-order chi connectivity index (χ1) is 22.2. The molecule has 272 valence electrons. The Morgan fingerprint density at radius 3 is 2.11 bits per heavy atom. The van der Waals surface area contributed by atoms with Crippen molar-refractivity contribution in [3.8, 4) is 0 Å². The number of ether oxygens (including phenoxy) is 1. The average molecular weight is 689 g/mol. The van der Waals surface area contributed by atoms with E-state index in [0.29, 0.717) is 49.6 Å². The fourth-order valence-corrected chi connectivity index (χ4v) is 8.92. The van der Waals surface area contributed by atoms with E-state index in [1.807, 2.05) is 27.7 Å². The number of carbonyl (C=O) groups is 3. The second-order valence-electron chi connectivity index (χ2n) is 14.5. The van der Waals surface area contributed by atoms with Crippen LogP contribution in [0.5, 0.6) is 0 Å². The minimum absolute atomic E-state index is 0.197. The van der Waals surface area contributed by atoms with Crippen molar-refractivity contribution in [1.82, 2.24) is 20.3 Å². The highest BCUT2D eigenvalue weighted by Crippen LogP contribution is 2.34. The Kier molecular flexibility index (Phi) is 14.6. The van der Waals surface area contributed by atoms with Crippen LogP contribution >= 0.6 is 0 Å². The number of urea groups is 1. The smallest absolute Gasteiger partial charge is 0.410 e. The molecule has 1 N–H and O–H groups in total. The Balaban J connectivity index is 1.69. The van der Waals surface area contributed by atoms with Gasteiger partial charge in [0.25, 0.3) is 5.91 Å². The van der Waals surface area contributed by atoms with Crippen LogP contribution in [-0.2, 0) is 28.8 Å². The van der Waals surface area contributed by atoms with Crippen LogP contribution in [0.2, 0.25) is 0 Å². The van der Waals surface area contributed by atoms with Crippen LogP contribution in [0.3, 0.4) is 0 Å². The van der Waals surface area contributed by atoms with E-state index in [9.17, 15) is 22.8 Å². The van der Waals surface area contributed by atoms with E-state index in [-0.39, 0.29) is 13.1 Å². The van der Waals surface area contributed by atoms with E-state index >= 15 is 0 Å². The first-order valence-electron chi connectivity index (χ1n) is 18.0. The summed E-state index contributed by atoms with van der Waals surface area (Å²) < 4.78 is 40.2. The van der Waals surface area contributed by atoms with Gasteiger partial charge in [-0.3, -0.25) is 9.63 Å². The molecule has 1 unspecified atom stereocenters. The number of nitrogens with one attached hydrogen (secondary N) is 1. The summed E-state index contributed by atoms with van der Waals surface area (Å²) in [4.78, 5) is 48.1. The summed E-state index contributed by atoms with van der Waals surface area (Å²) in [5.74, 6) is -0.478. The molecule has 3 aliphatic heterocycles. The Labute approximate surface area is 283 Å². The lowest BCUT2D eigenvalue weighted by Gasteiger charge is -2.44. The molecule has 2 bridgehead atoms. The number of amides is 4. The van der Waals surface area contributed by atoms with Gasteiger partial charge in [-0.1, -0.05) is 47.0 Å². The molecule has 0 spiro atoms. The topological polar surface area (TPSA) is 135 Å². The summed E-state index contributed by atoms with van der Waals surface area (Å²) in [7, 11) is -4.19. The van der Waals surface area contributed by atoms with Gasteiger partial charge >= 0.3 is 22.2 Å². The number of hydrogen-bond acceptors (Lipinski definition) is 8. The predicted molar refractivity (Wildman–Crippen MR) is 179 cm³/mol. The van der Waals surface area contributed by atoms with E-state index in [4.69, 9.17) is 13.9 Å². The molecule has 0 aliphatic carbocycles. The molecule has 0 aromatic carbocycles. The molecule has 4 amide bonds. The maximum absolute atomic E-state index is 14.2. The standard InChI is InChI=1S/C33H61N5O8S/c1-8-12-21-38(22-13-9-2,23-14-10-3)29(16-11-4)47(42,43)46-37-26-18-19-28(36(24-26)31(37)40)30(39)34-45-27-17-15-20-35(25-27)32(41)44-33(5,6)7/h26-29H,8-25H2,1-7H3/p+1/t26-,27-,28+,29?/m1/s1. The van der Waals surface area contributed by atoms with Gasteiger partial charge in [-0.15, -0.1) is 4.28 Å². The zero-order valence-corrected chi connectivity index (χ0v) is 30.8. The lowest BCUT2D eigenvalue weighted by atomic mass is 10.0.